The lowest BCUT2D eigenvalue weighted by molar-refractivity contribution is -0.125. The molecule has 2 heterocycles. The molecule has 0 spiro atoms. The van der Waals surface area contributed by atoms with Crippen molar-refractivity contribution in [1.29, 1.82) is 5.26 Å². The van der Waals surface area contributed by atoms with Gasteiger partial charge < -0.3 is 15.8 Å². The van der Waals surface area contributed by atoms with Crippen LogP contribution >= 0.6 is 0 Å². The molecule has 0 radical (unpaired) electrons. The maximum absolute atomic E-state index is 13.9. The molecule has 0 bridgehead atoms. The van der Waals surface area contributed by atoms with E-state index in [2.05, 4.69) is 16.3 Å². The number of hydrogen-bond donors (Lipinski definition) is 2. The zero-order valence-corrected chi connectivity index (χ0v) is 21.5. The number of urea groups is 1. The van der Waals surface area contributed by atoms with Crippen molar-refractivity contribution >= 4 is 18.0 Å². The molecule has 9 nitrogen and oxygen atoms in total. The maximum atomic E-state index is 13.9. The molecule has 0 unspecified atom stereocenters. The number of ether oxygens (including phenoxy) is 1. The van der Waals surface area contributed by atoms with Crippen LogP contribution in [0, 0.1) is 28.8 Å². The van der Waals surface area contributed by atoms with Crippen molar-refractivity contribution < 1.29 is 32.3 Å². The Bertz CT molecular complexity index is 1370. The third-order valence-electron chi connectivity index (χ3n) is 8.11. The van der Waals surface area contributed by atoms with E-state index in [1.165, 1.54) is 18.2 Å². The fourth-order valence-electron chi connectivity index (χ4n) is 6.14. The first-order valence-electron chi connectivity index (χ1n) is 13.1. The largest absolute Gasteiger partial charge is 0.433 e. The van der Waals surface area contributed by atoms with E-state index < -0.39 is 47.6 Å². The summed E-state index contributed by atoms with van der Waals surface area (Å²) in [6.45, 7) is 1.26. The van der Waals surface area contributed by atoms with E-state index >= 15 is 0 Å². The smallest absolute Gasteiger partial charge is 0.419 e. The topological polar surface area (TPSA) is 129 Å². The van der Waals surface area contributed by atoms with Crippen LogP contribution in [0.5, 0.6) is 0 Å². The van der Waals surface area contributed by atoms with Crippen LogP contribution in [0.1, 0.15) is 60.8 Å². The molecule has 2 aromatic rings. The number of benzene rings is 2. The fraction of sp³-hybridized carbons (Fsp3) is 0.429. The molecule has 3 atom stereocenters. The molecule has 1 aliphatic carbocycles. The van der Waals surface area contributed by atoms with Gasteiger partial charge in [0.2, 0.25) is 6.10 Å². The summed E-state index contributed by atoms with van der Waals surface area (Å²) < 4.78 is 46.0. The molecule has 2 saturated heterocycles. The Hall–Kier alpha value is -4.11. The van der Waals surface area contributed by atoms with Crippen LogP contribution in [0.2, 0.25) is 0 Å². The number of likely N-dealkylation sites (tertiary alicyclic amines) is 1. The maximum Gasteiger partial charge on any atom is 0.419 e. The number of cyclic esters (lactones) is 1. The summed E-state index contributed by atoms with van der Waals surface area (Å²) in [7, 11) is 0. The van der Waals surface area contributed by atoms with Crippen molar-refractivity contribution in [3.63, 3.8) is 0 Å². The van der Waals surface area contributed by atoms with Gasteiger partial charge in [-0.05, 0) is 73.4 Å². The standard InChI is InChI=1S/C28H28F3N5O4/c29-18-4-7-21(17(11-18)13-32)15-1-5-20(6-2-15)35-10-9-19(14-35)34-27(38)36-24(25(26(33)37)40-28(36)39)16-3-8-22(30)23(31)12-16/h3-4,7-8,11-12,15,19-20,24-25H,1-2,5-6,9-10,14H2,(H2,33,37)(H,34,38)/t15?,19-,20?,24+,25-/m1/s1. The number of nitriles is 1. The van der Waals surface area contributed by atoms with Gasteiger partial charge in [-0.2, -0.15) is 5.26 Å². The van der Waals surface area contributed by atoms with Crippen LogP contribution < -0.4 is 11.1 Å². The summed E-state index contributed by atoms with van der Waals surface area (Å²) in [5.74, 6) is -3.60. The van der Waals surface area contributed by atoms with Gasteiger partial charge in [-0.25, -0.2) is 27.7 Å². The van der Waals surface area contributed by atoms with Crippen molar-refractivity contribution in [2.75, 3.05) is 13.1 Å². The highest BCUT2D eigenvalue weighted by Gasteiger charge is 2.50. The number of rotatable bonds is 5. The van der Waals surface area contributed by atoms with Gasteiger partial charge in [0.05, 0.1) is 11.6 Å². The molecule has 2 aromatic carbocycles. The van der Waals surface area contributed by atoms with Crippen molar-refractivity contribution in [1.82, 2.24) is 15.1 Å². The number of nitrogens with one attached hydrogen (secondary N) is 1. The molecule has 12 heteroatoms. The SMILES string of the molecule is N#Cc1cc(F)ccc1C1CCC(N2CC[C@@H](NC(=O)N3C(=O)O[C@@H](C(N)=O)[C@@H]3c3ccc(F)c(F)c3)C2)CC1. The van der Waals surface area contributed by atoms with Crippen LogP contribution in [0.25, 0.3) is 0 Å². The number of nitrogens with two attached hydrogens (primary N) is 1. The Balaban J connectivity index is 1.21. The zero-order chi connectivity index (χ0) is 28.6. The van der Waals surface area contributed by atoms with Crippen molar-refractivity contribution in [2.24, 2.45) is 5.73 Å². The summed E-state index contributed by atoms with van der Waals surface area (Å²) >= 11 is 0. The van der Waals surface area contributed by atoms with E-state index in [1.807, 2.05) is 0 Å². The van der Waals surface area contributed by atoms with E-state index in [1.54, 1.807) is 6.07 Å². The highest BCUT2D eigenvalue weighted by atomic mass is 19.2. The Morgan fingerprint density at radius 3 is 2.45 bits per heavy atom. The summed E-state index contributed by atoms with van der Waals surface area (Å²) in [4.78, 5) is 40.7. The third-order valence-corrected chi connectivity index (χ3v) is 8.11. The monoisotopic (exact) mass is 555 g/mol. The molecule has 2 aliphatic heterocycles. The average Bonchev–Trinajstić information content (AvgIpc) is 3.54. The summed E-state index contributed by atoms with van der Waals surface area (Å²) in [6.07, 6.45) is 1.42. The highest BCUT2D eigenvalue weighted by molar-refractivity contribution is 5.97. The number of carbonyl (C=O) groups is 3. The second-order valence-electron chi connectivity index (χ2n) is 10.5. The van der Waals surface area contributed by atoms with Crippen molar-refractivity contribution in [3.8, 4) is 6.07 Å². The average molecular weight is 556 g/mol. The molecule has 3 aliphatic rings. The van der Waals surface area contributed by atoms with Gasteiger partial charge in [0.15, 0.2) is 11.6 Å². The number of primary amides is 1. The van der Waals surface area contributed by atoms with E-state index in [0.29, 0.717) is 23.4 Å². The molecule has 3 N–H and O–H groups in total. The van der Waals surface area contributed by atoms with Crippen molar-refractivity contribution in [2.45, 2.75) is 62.3 Å². The van der Waals surface area contributed by atoms with Gasteiger partial charge in [0.1, 0.15) is 11.9 Å². The minimum Gasteiger partial charge on any atom is -0.433 e. The highest BCUT2D eigenvalue weighted by Crippen LogP contribution is 2.38. The van der Waals surface area contributed by atoms with Crippen LogP contribution in [-0.2, 0) is 9.53 Å². The number of carbonyl (C=O) groups excluding carboxylic acids is 3. The molecule has 1 saturated carbocycles. The summed E-state index contributed by atoms with van der Waals surface area (Å²) in [6, 6.07) is 7.06. The Morgan fingerprint density at radius 1 is 1.02 bits per heavy atom. The fourth-order valence-corrected chi connectivity index (χ4v) is 6.14. The predicted molar refractivity (Wildman–Crippen MR) is 135 cm³/mol. The minimum absolute atomic E-state index is 0.00535. The van der Waals surface area contributed by atoms with E-state index in [-0.39, 0.29) is 23.6 Å². The first-order valence-corrected chi connectivity index (χ1v) is 13.1. The molecule has 40 heavy (non-hydrogen) atoms. The summed E-state index contributed by atoms with van der Waals surface area (Å²) in [5, 5.41) is 12.2. The van der Waals surface area contributed by atoms with E-state index in [9.17, 15) is 32.8 Å². The lowest BCUT2D eigenvalue weighted by Crippen LogP contribution is -2.48. The van der Waals surface area contributed by atoms with Gasteiger partial charge >= 0.3 is 12.1 Å². The Kier molecular flexibility index (Phi) is 7.67. The quantitative estimate of drug-likeness (QED) is 0.577. The lowest BCUT2D eigenvalue weighted by atomic mass is 9.80. The molecular weight excluding hydrogens is 527 g/mol. The molecule has 0 aromatic heterocycles. The second kappa shape index (κ2) is 11.2. The van der Waals surface area contributed by atoms with Gasteiger partial charge in [-0.15, -0.1) is 0 Å². The molecule has 4 amide bonds. The molecule has 210 valence electrons. The minimum atomic E-state index is -1.55. The zero-order valence-electron chi connectivity index (χ0n) is 21.5. The van der Waals surface area contributed by atoms with Crippen LogP contribution in [0.3, 0.4) is 0 Å². The van der Waals surface area contributed by atoms with Crippen LogP contribution in [0.15, 0.2) is 36.4 Å². The van der Waals surface area contributed by atoms with Gasteiger partial charge in [0.25, 0.3) is 5.91 Å². The normalized spacial score (nSPS) is 26.8. The molecule has 5 rings (SSSR count). The van der Waals surface area contributed by atoms with Gasteiger partial charge in [0, 0.05) is 25.2 Å². The van der Waals surface area contributed by atoms with Crippen LogP contribution in [0.4, 0.5) is 22.8 Å². The number of imide groups is 1. The first-order chi connectivity index (χ1) is 19.2. The van der Waals surface area contributed by atoms with Crippen LogP contribution in [-0.4, -0.2) is 59.1 Å². The van der Waals surface area contributed by atoms with E-state index in [0.717, 1.165) is 49.9 Å². The number of halogens is 3. The molecular formula is C28H28F3N5O4. The number of nitrogens with zero attached hydrogens (tertiary/aromatic N) is 3. The van der Waals surface area contributed by atoms with Gasteiger partial charge in [-0.3, -0.25) is 9.69 Å². The summed E-state index contributed by atoms with van der Waals surface area (Å²) in [5.41, 5.74) is 6.61. The van der Waals surface area contributed by atoms with Crippen molar-refractivity contribution in [3.05, 3.63) is 70.5 Å². The third kappa shape index (κ3) is 5.34. The Labute approximate surface area is 228 Å². The van der Waals surface area contributed by atoms with E-state index in [4.69, 9.17) is 10.5 Å². The predicted octanol–water partition coefficient (Wildman–Crippen LogP) is 3.83. The second-order valence-corrected chi connectivity index (χ2v) is 10.5. The number of hydrogen-bond acceptors (Lipinski definition) is 6. The Morgan fingerprint density at radius 2 is 1.77 bits per heavy atom. The first kappa shape index (κ1) is 27.5. The number of amides is 4. The molecule has 3 fully saturated rings. The lowest BCUT2D eigenvalue weighted by Gasteiger charge is -2.35. The van der Waals surface area contributed by atoms with Gasteiger partial charge in [-0.1, -0.05) is 12.1 Å².